The summed E-state index contributed by atoms with van der Waals surface area (Å²) < 4.78 is 0. The molecule has 1 aromatic carbocycles. The maximum Gasteiger partial charge on any atom is 0.320 e. The fourth-order valence-electron chi connectivity index (χ4n) is 1.45. The molecule has 5 nitrogen and oxygen atoms in total. The van der Waals surface area contributed by atoms with Crippen molar-refractivity contribution in [3.05, 3.63) is 28.8 Å². The number of carbonyl (C=O) groups is 2. The number of fused-ring (bicyclic) bond motifs is 1. The summed E-state index contributed by atoms with van der Waals surface area (Å²) in [5.74, 6) is -0.259. The van der Waals surface area contributed by atoms with Crippen LogP contribution < -0.4 is 16.0 Å². The van der Waals surface area contributed by atoms with E-state index in [4.69, 9.17) is 17.3 Å². The molecular weight excluding hydrogens is 218 g/mol. The number of nitrogens with zero attached hydrogens (tertiary/aromatic N) is 1. The topological polar surface area (TPSA) is 75.4 Å². The fourth-order valence-corrected chi connectivity index (χ4v) is 1.63. The van der Waals surface area contributed by atoms with E-state index in [9.17, 15) is 9.59 Å². The first-order chi connectivity index (χ1) is 7.09. The minimum Gasteiger partial charge on any atom is -0.351 e. The molecule has 1 aromatic rings. The van der Waals surface area contributed by atoms with E-state index in [0.717, 1.165) is 0 Å². The lowest BCUT2D eigenvalue weighted by atomic mass is 10.1. The van der Waals surface area contributed by atoms with Gasteiger partial charge in [0.25, 0.3) is 5.91 Å². The van der Waals surface area contributed by atoms with Crippen LogP contribution >= 0.6 is 11.6 Å². The van der Waals surface area contributed by atoms with E-state index in [1.54, 1.807) is 12.1 Å². The van der Waals surface area contributed by atoms with Gasteiger partial charge in [0.1, 0.15) is 0 Å². The molecule has 78 valence electrons. The second-order valence-corrected chi connectivity index (χ2v) is 3.53. The van der Waals surface area contributed by atoms with E-state index >= 15 is 0 Å². The maximum absolute atomic E-state index is 11.5. The Bertz CT molecular complexity index is 447. The molecule has 0 saturated heterocycles. The molecule has 15 heavy (non-hydrogen) atoms. The molecule has 3 amide bonds. The number of rotatable bonds is 0. The molecule has 0 aliphatic carbocycles. The van der Waals surface area contributed by atoms with Crippen LogP contribution in [-0.4, -0.2) is 18.6 Å². The van der Waals surface area contributed by atoms with Crippen molar-refractivity contribution in [3.63, 3.8) is 0 Å². The summed E-state index contributed by atoms with van der Waals surface area (Å²) in [6.45, 7) is 0.0861. The Hall–Kier alpha value is -1.75. The van der Waals surface area contributed by atoms with Gasteiger partial charge >= 0.3 is 6.03 Å². The van der Waals surface area contributed by atoms with Gasteiger partial charge in [0, 0.05) is 5.02 Å². The van der Waals surface area contributed by atoms with Gasteiger partial charge in [0.2, 0.25) is 0 Å². The van der Waals surface area contributed by atoms with Crippen LogP contribution in [0.25, 0.3) is 0 Å². The Morgan fingerprint density at radius 1 is 1.53 bits per heavy atom. The minimum absolute atomic E-state index is 0.0861. The molecule has 0 saturated carbocycles. The summed E-state index contributed by atoms with van der Waals surface area (Å²) in [5.41, 5.74) is 6.00. The Morgan fingerprint density at radius 2 is 2.27 bits per heavy atom. The molecule has 3 N–H and O–H groups in total. The highest BCUT2D eigenvalue weighted by atomic mass is 35.5. The van der Waals surface area contributed by atoms with Gasteiger partial charge in [0.05, 0.1) is 17.9 Å². The molecule has 0 fully saturated rings. The number of hydrogen-bond donors (Lipinski definition) is 2. The molecule has 0 atom stereocenters. The van der Waals surface area contributed by atoms with Crippen molar-refractivity contribution in [3.8, 4) is 0 Å². The lowest BCUT2D eigenvalue weighted by Crippen LogP contribution is -2.48. The van der Waals surface area contributed by atoms with Gasteiger partial charge in [-0.3, -0.25) is 9.69 Å². The first kappa shape index (κ1) is 9.79. The number of halogens is 1. The van der Waals surface area contributed by atoms with Crippen molar-refractivity contribution in [2.75, 3.05) is 11.6 Å². The zero-order valence-corrected chi connectivity index (χ0v) is 8.41. The normalized spacial score (nSPS) is 14.5. The molecule has 1 aliphatic heterocycles. The van der Waals surface area contributed by atoms with Crippen molar-refractivity contribution in [2.24, 2.45) is 5.73 Å². The molecule has 0 unspecified atom stereocenters. The fraction of sp³-hybridized carbons (Fsp3) is 0.111. The van der Waals surface area contributed by atoms with Crippen LogP contribution in [0, 0.1) is 0 Å². The van der Waals surface area contributed by atoms with Gasteiger partial charge in [-0.15, -0.1) is 0 Å². The first-order valence-electron chi connectivity index (χ1n) is 4.24. The lowest BCUT2D eigenvalue weighted by Gasteiger charge is -2.27. The van der Waals surface area contributed by atoms with E-state index in [-0.39, 0.29) is 12.6 Å². The first-order valence-corrected chi connectivity index (χ1v) is 4.62. The number of carbonyl (C=O) groups excluding carboxylic acids is 2. The highest BCUT2D eigenvalue weighted by molar-refractivity contribution is 6.31. The van der Waals surface area contributed by atoms with Crippen LogP contribution in [0.3, 0.4) is 0 Å². The number of nitrogens with one attached hydrogen (secondary N) is 1. The largest absolute Gasteiger partial charge is 0.351 e. The van der Waals surface area contributed by atoms with Gasteiger partial charge < -0.3 is 11.1 Å². The summed E-state index contributed by atoms with van der Waals surface area (Å²) in [7, 11) is 0. The van der Waals surface area contributed by atoms with Crippen molar-refractivity contribution < 1.29 is 9.59 Å². The van der Waals surface area contributed by atoms with E-state index < -0.39 is 6.03 Å². The average Bonchev–Trinajstić information content (AvgIpc) is 2.19. The predicted octanol–water partition coefficient (Wildman–Crippen LogP) is 0.926. The Balaban J connectivity index is 2.55. The van der Waals surface area contributed by atoms with Gasteiger partial charge in [-0.05, 0) is 18.2 Å². The number of hydrogen-bond acceptors (Lipinski definition) is 2. The number of amides is 3. The average molecular weight is 226 g/mol. The summed E-state index contributed by atoms with van der Waals surface area (Å²) >= 11 is 5.75. The molecule has 1 heterocycles. The molecule has 1 aliphatic rings. The third-order valence-corrected chi connectivity index (χ3v) is 2.39. The zero-order valence-electron chi connectivity index (χ0n) is 7.66. The van der Waals surface area contributed by atoms with Crippen LogP contribution in [0.2, 0.25) is 5.02 Å². The Kier molecular flexibility index (Phi) is 2.24. The number of anilines is 1. The van der Waals surface area contributed by atoms with Crippen molar-refractivity contribution >= 4 is 29.2 Å². The molecular formula is C9H8ClN3O2. The number of nitrogens with two attached hydrogens (primary N) is 1. The van der Waals surface area contributed by atoms with Gasteiger partial charge in [-0.2, -0.15) is 0 Å². The molecule has 0 spiro atoms. The Labute approximate surface area is 90.8 Å². The maximum atomic E-state index is 11.5. The van der Waals surface area contributed by atoms with Gasteiger partial charge in [-0.1, -0.05) is 11.6 Å². The van der Waals surface area contributed by atoms with Crippen LogP contribution in [0.15, 0.2) is 18.2 Å². The number of benzene rings is 1. The lowest BCUT2D eigenvalue weighted by molar-refractivity contribution is 0.0949. The summed E-state index contributed by atoms with van der Waals surface area (Å²) in [6, 6.07) is 4.09. The number of urea groups is 1. The van der Waals surface area contributed by atoms with Gasteiger partial charge in [-0.25, -0.2) is 4.79 Å². The third-order valence-electron chi connectivity index (χ3n) is 2.16. The Morgan fingerprint density at radius 3 is 2.93 bits per heavy atom. The van der Waals surface area contributed by atoms with E-state index in [0.29, 0.717) is 16.3 Å². The minimum atomic E-state index is -0.612. The number of primary amides is 1. The zero-order chi connectivity index (χ0) is 11.0. The molecule has 2 rings (SSSR count). The predicted molar refractivity (Wildman–Crippen MR) is 55.8 cm³/mol. The second-order valence-electron chi connectivity index (χ2n) is 3.09. The highest BCUT2D eigenvalue weighted by Crippen LogP contribution is 2.26. The molecule has 0 radical (unpaired) electrons. The smallest absolute Gasteiger partial charge is 0.320 e. The monoisotopic (exact) mass is 225 g/mol. The molecule has 0 aromatic heterocycles. The summed E-state index contributed by atoms with van der Waals surface area (Å²) in [4.78, 5) is 23.8. The standard InChI is InChI=1S/C9H8ClN3O2/c10-5-1-2-7-6(3-5)8(14)12-4-13(7)9(11)15/h1-3H,4H2,(H2,11,15)(H,12,14). The highest BCUT2D eigenvalue weighted by Gasteiger charge is 2.25. The SMILES string of the molecule is NC(=O)N1CNC(=O)c2cc(Cl)ccc21. The van der Waals surface area contributed by atoms with Crippen LogP contribution in [0.5, 0.6) is 0 Å². The second kappa shape index (κ2) is 3.43. The van der Waals surface area contributed by atoms with Crippen molar-refractivity contribution in [1.29, 1.82) is 0 Å². The van der Waals surface area contributed by atoms with Crippen molar-refractivity contribution in [1.82, 2.24) is 5.32 Å². The van der Waals surface area contributed by atoms with Crippen molar-refractivity contribution in [2.45, 2.75) is 0 Å². The van der Waals surface area contributed by atoms with Gasteiger partial charge in [0.15, 0.2) is 0 Å². The molecule has 0 bridgehead atoms. The van der Waals surface area contributed by atoms with Crippen LogP contribution in [0.1, 0.15) is 10.4 Å². The van der Waals surface area contributed by atoms with E-state index in [1.807, 2.05) is 0 Å². The van der Waals surface area contributed by atoms with E-state index in [1.165, 1.54) is 11.0 Å². The molecule has 6 heteroatoms. The summed E-state index contributed by atoms with van der Waals surface area (Å²) in [5, 5.41) is 2.96. The van der Waals surface area contributed by atoms with Crippen LogP contribution in [-0.2, 0) is 0 Å². The van der Waals surface area contributed by atoms with E-state index in [2.05, 4.69) is 5.32 Å². The third kappa shape index (κ3) is 1.61. The van der Waals surface area contributed by atoms with Crippen LogP contribution in [0.4, 0.5) is 10.5 Å². The summed E-state index contributed by atoms with van der Waals surface area (Å²) in [6.07, 6.45) is 0. The quantitative estimate of drug-likeness (QED) is 0.689.